The summed E-state index contributed by atoms with van der Waals surface area (Å²) in [5.74, 6) is 1.09. The van der Waals surface area contributed by atoms with Crippen LogP contribution in [0.5, 0.6) is 17.2 Å². The molecule has 4 rings (SSSR count). The number of unbranched alkanes of at least 4 members (excludes halogenated alkanes) is 3. The fourth-order valence-corrected chi connectivity index (χ4v) is 4.98. The van der Waals surface area contributed by atoms with Crippen LogP contribution in [0.15, 0.2) is 54.6 Å². The third kappa shape index (κ3) is 11.4. The lowest BCUT2D eigenvalue weighted by Crippen LogP contribution is -2.35. The van der Waals surface area contributed by atoms with Gasteiger partial charge in [-0.1, -0.05) is 70.4 Å². The molecule has 0 saturated carbocycles. The summed E-state index contributed by atoms with van der Waals surface area (Å²) < 4.78 is 18.4. The van der Waals surface area contributed by atoms with Crippen molar-refractivity contribution in [3.63, 3.8) is 0 Å². The fraction of sp³-hybridized carbons (Fsp3) is 0.432. The van der Waals surface area contributed by atoms with Crippen molar-refractivity contribution in [2.45, 2.75) is 85.5 Å². The predicted molar refractivity (Wildman–Crippen MR) is 187 cm³/mol. The Hall–Kier alpha value is -4.93. The van der Waals surface area contributed by atoms with E-state index in [2.05, 4.69) is 47.4 Å². The van der Waals surface area contributed by atoms with Crippen LogP contribution < -0.4 is 40.8 Å². The molecule has 4 bridgehead atoms. The first-order valence-corrected chi connectivity index (χ1v) is 17.0. The summed E-state index contributed by atoms with van der Waals surface area (Å²) in [4.78, 5) is 39.0. The van der Waals surface area contributed by atoms with Gasteiger partial charge in [-0.05, 0) is 65.8 Å². The first kappa shape index (κ1) is 35.9. The highest BCUT2D eigenvalue weighted by Crippen LogP contribution is 2.40. The Morgan fingerprint density at radius 2 is 1.06 bits per heavy atom. The van der Waals surface area contributed by atoms with Crippen molar-refractivity contribution in [2.24, 2.45) is 0 Å². The topological polar surface area (TPSA) is 139 Å². The Kier molecular flexibility index (Phi) is 14.2. The highest BCUT2D eigenvalue weighted by Gasteiger charge is 2.20. The van der Waals surface area contributed by atoms with Gasteiger partial charge in [-0.15, -0.1) is 0 Å². The van der Waals surface area contributed by atoms with Crippen molar-refractivity contribution in [1.82, 2.24) is 21.3 Å². The zero-order chi connectivity index (χ0) is 34.1. The van der Waals surface area contributed by atoms with E-state index in [0.717, 1.165) is 60.8 Å². The minimum absolute atomic E-state index is 0.212. The predicted octanol–water partition coefficient (Wildman–Crippen LogP) is 6.79. The van der Waals surface area contributed by atoms with Gasteiger partial charge in [0.1, 0.15) is 0 Å². The number of urea groups is 2. The van der Waals surface area contributed by atoms with Crippen LogP contribution in [0.3, 0.4) is 0 Å². The Balaban J connectivity index is 1.59. The summed E-state index contributed by atoms with van der Waals surface area (Å²) in [6.45, 7) is 8.86. The number of carbonyl (C=O) groups excluding carboxylic acids is 3. The molecule has 0 fully saturated rings. The molecule has 0 unspecified atom stereocenters. The SMILES string of the molecule is CCCCOc1cc(C(=O)Nc2cc3cc(c2)CNC(=O)NCc2cccc(c2)CNC(=O)NC3)cc(OCCCC)c1OCCCC. The number of nitrogens with one attached hydrogen (secondary N) is 5. The van der Waals surface area contributed by atoms with Gasteiger partial charge in [0.2, 0.25) is 5.75 Å². The van der Waals surface area contributed by atoms with Gasteiger partial charge >= 0.3 is 12.1 Å². The van der Waals surface area contributed by atoms with E-state index in [1.54, 1.807) is 24.3 Å². The quantitative estimate of drug-likeness (QED) is 0.121. The number of benzene rings is 3. The molecule has 3 aromatic rings. The molecule has 11 heteroatoms. The molecular formula is C37H49N5O6. The molecule has 1 aliphatic heterocycles. The zero-order valence-corrected chi connectivity index (χ0v) is 28.3. The Morgan fingerprint density at radius 1 is 0.625 bits per heavy atom. The second kappa shape index (κ2) is 19.0. The number of rotatable bonds is 14. The number of fused-ring (bicyclic) bond motifs is 4. The molecule has 5 N–H and O–H groups in total. The molecule has 5 amide bonds. The molecule has 0 atom stereocenters. The van der Waals surface area contributed by atoms with E-state index in [4.69, 9.17) is 14.2 Å². The van der Waals surface area contributed by atoms with Crippen molar-refractivity contribution < 1.29 is 28.6 Å². The summed E-state index contributed by atoms with van der Waals surface area (Å²) in [5, 5.41) is 14.5. The number of hydrogen-bond acceptors (Lipinski definition) is 6. The smallest absolute Gasteiger partial charge is 0.315 e. The lowest BCUT2D eigenvalue weighted by atomic mass is 10.1. The van der Waals surface area contributed by atoms with E-state index in [1.165, 1.54) is 0 Å². The van der Waals surface area contributed by atoms with Crippen LogP contribution in [-0.2, 0) is 26.2 Å². The van der Waals surface area contributed by atoms with E-state index in [-0.39, 0.29) is 31.1 Å². The summed E-state index contributed by atoms with van der Waals surface area (Å²) in [7, 11) is 0. The third-order valence-electron chi connectivity index (χ3n) is 7.65. The van der Waals surface area contributed by atoms with Gasteiger partial charge in [-0.25, -0.2) is 9.59 Å². The van der Waals surface area contributed by atoms with Crippen molar-refractivity contribution in [2.75, 3.05) is 25.1 Å². The van der Waals surface area contributed by atoms with Crippen LogP contribution in [-0.4, -0.2) is 37.8 Å². The minimum Gasteiger partial charge on any atom is -0.490 e. The van der Waals surface area contributed by atoms with Gasteiger partial charge in [0, 0.05) is 37.4 Å². The lowest BCUT2D eigenvalue weighted by molar-refractivity contribution is 0.102. The average molecular weight is 660 g/mol. The number of anilines is 1. The largest absolute Gasteiger partial charge is 0.490 e. The van der Waals surface area contributed by atoms with Crippen LogP contribution in [0.25, 0.3) is 0 Å². The maximum Gasteiger partial charge on any atom is 0.315 e. The van der Waals surface area contributed by atoms with Crippen molar-refractivity contribution in [3.05, 3.63) is 82.4 Å². The molecule has 0 aliphatic carbocycles. The number of hydrogen-bond donors (Lipinski definition) is 5. The number of amides is 5. The summed E-state index contributed by atoms with van der Waals surface area (Å²) in [6, 6.07) is 15.9. The zero-order valence-electron chi connectivity index (χ0n) is 28.3. The molecule has 0 saturated heterocycles. The van der Waals surface area contributed by atoms with Gasteiger partial charge in [0.25, 0.3) is 5.91 Å². The van der Waals surface area contributed by atoms with Gasteiger partial charge in [-0.3, -0.25) is 4.79 Å². The van der Waals surface area contributed by atoms with Crippen molar-refractivity contribution in [3.8, 4) is 17.2 Å². The Labute approximate surface area is 283 Å². The van der Waals surface area contributed by atoms with Gasteiger partial charge in [-0.2, -0.15) is 0 Å². The summed E-state index contributed by atoms with van der Waals surface area (Å²) in [6.07, 6.45) is 5.50. The molecule has 3 aromatic carbocycles. The third-order valence-corrected chi connectivity index (χ3v) is 7.65. The first-order valence-electron chi connectivity index (χ1n) is 17.0. The molecule has 1 heterocycles. The monoisotopic (exact) mass is 659 g/mol. The minimum atomic E-state index is -0.362. The second-order valence-electron chi connectivity index (χ2n) is 11.8. The molecular weight excluding hydrogens is 610 g/mol. The molecule has 258 valence electrons. The summed E-state index contributed by atoms with van der Waals surface area (Å²) in [5.41, 5.74) is 4.21. The summed E-state index contributed by atoms with van der Waals surface area (Å²) >= 11 is 0. The van der Waals surface area contributed by atoms with E-state index < -0.39 is 0 Å². The highest BCUT2D eigenvalue weighted by molar-refractivity contribution is 6.05. The van der Waals surface area contributed by atoms with Gasteiger partial charge in [0.15, 0.2) is 11.5 Å². The Morgan fingerprint density at radius 3 is 1.54 bits per heavy atom. The lowest BCUT2D eigenvalue weighted by Gasteiger charge is -2.19. The fourth-order valence-electron chi connectivity index (χ4n) is 4.98. The molecule has 0 radical (unpaired) electrons. The van der Waals surface area contributed by atoms with Gasteiger partial charge < -0.3 is 40.8 Å². The molecule has 1 aliphatic rings. The molecule has 0 spiro atoms. The van der Waals surface area contributed by atoms with Crippen LogP contribution in [0.2, 0.25) is 0 Å². The number of ether oxygens (including phenoxy) is 3. The van der Waals surface area contributed by atoms with Crippen molar-refractivity contribution in [1.29, 1.82) is 0 Å². The maximum absolute atomic E-state index is 13.8. The number of carbonyl (C=O) groups is 3. The van der Waals surface area contributed by atoms with Gasteiger partial charge in [0.05, 0.1) is 19.8 Å². The van der Waals surface area contributed by atoms with E-state index in [0.29, 0.717) is 61.4 Å². The van der Waals surface area contributed by atoms with Crippen LogP contribution in [0.4, 0.5) is 15.3 Å². The normalized spacial score (nSPS) is 13.3. The Bertz CT molecular complexity index is 1440. The first-order chi connectivity index (χ1) is 23.4. The van der Waals surface area contributed by atoms with Crippen LogP contribution >= 0.6 is 0 Å². The van der Waals surface area contributed by atoms with E-state index >= 15 is 0 Å². The molecule has 11 nitrogen and oxygen atoms in total. The average Bonchev–Trinajstić information content (AvgIpc) is 3.08. The van der Waals surface area contributed by atoms with Crippen LogP contribution in [0.1, 0.15) is 91.9 Å². The van der Waals surface area contributed by atoms with E-state index in [9.17, 15) is 14.4 Å². The highest BCUT2D eigenvalue weighted by atomic mass is 16.5. The van der Waals surface area contributed by atoms with Crippen molar-refractivity contribution >= 4 is 23.7 Å². The second-order valence-corrected chi connectivity index (χ2v) is 11.8. The molecule has 0 aromatic heterocycles. The molecule has 48 heavy (non-hydrogen) atoms. The van der Waals surface area contributed by atoms with E-state index in [1.807, 2.05) is 30.3 Å². The maximum atomic E-state index is 13.8. The van der Waals surface area contributed by atoms with Crippen LogP contribution in [0, 0.1) is 0 Å². The standard InChI is InChI=1S/C37H49N5O6/c1-4-7-13-46-32-20-30(21-33(47-14-8-5-2)34(32)48-15-9-6-3)35(43)42-31-18-28-17-29(19-31)25-41-37(45)39-23-27-12-10-11-26(16-27)22-38-36(44)40-24-28/h10-12,16-21H,4-9,13-15,22-25H2,1-3H3,(H,42,43)(H2,38,40,44)(H2,39,41,45).